The molecule has 0 saturated carbocycles. The summed E-state index contributed by atoms with van der Waals surface area (Å²) in [6.45, 7) is 4.06. The first-order chi connectivity index (χ1) is 12.5. The monoisotopic (exact) mass is 364 g/mol. The van der Waals surface area contributed by atoms with Gasteiger partial charge in [-0.2, -0.15) is 0 Å². The van der Waals surface area contributed by atoms with E-state index in [-0.39, 0.29) is 5.56 Å². The predicted molar refractivity (Wildman–Crippen MR) is 101 cm³/mol. The van der Waals surface area contributed by atoms with Gasteiger partial charge in [0.1, 0.15) is 5.75 Å². The molecule has 0 fully saturated rings. The van der Waals surface area contributed by atoms with E-state index >= 15 is 0 Å². The number of carboxylic acid groups (broad SMARTS) is 1. The number of rotatable bonds is 3. The zero-order valence-corrected chi connectivity index (χ0v) is 15.1. The Bertz CT molecular complexity index is 1040. The van der Waals surface area contributed by atoms with Crippen molar-refractivity contribution in [2.45, 2.75) is 19.4 Å². The van der Waals surface area contributed by atoms with Crippen LogP contribution in [-0.2, 0) is 5.54 Å². The van der Waals surface area contributed by atoms with Gasteiger partial charge in [-0.15, -0.1) is 11.3 Å². The average molecular weight is 364 g/mol. The summed E-state index contributed by atoms with van der Waals surface area (Å²) >= 11 is 1.39. The van der Waals surface area contributed by atoms with Gasteiger partial charge in [0.2, 0.25) is 0 Å². The van der Waals surface area contributed by atoms with Crippen LogP contribution in [0.3, 0.4) is 0 Å². The minimum absolute atomic E-state index is 0.224. The summed E-state index contributed by atoms with van der Waals surface area (Å²) in [5.41, 5.74) is 2.01. The largest absolute Gasteiger partial charge is 0.478 e. The van der Waals surface area contributed by atoms with Gasteiger partial charge in [-0.05, 0) is 26.0 Å². The molecule has 1 aromatic heterocycles. The number of hydrogen-bond acceptors (Lipinski definition) is 5. The van der Waals surface area contributed by atoms with Crippen LogP contribution in [0.5, 0.6) is 5.75 Å². The maximum Gasteiger partial charge on any atom is 0.336 e. The molecule has 26 heavy (non-hydrogen) atoms. The Morgan fingerprint density at radius 2 is 1.85 bits per heavy atom. The lowest BCUT2D eigenvalue weighted by Gasteiger charge is -2.28. The third kappa shape index (κ3) is 2.78. The molecule has 1 aliphatic heterocycles. The van der Waals surface area contributed by atoms with Gasteiger partial charge in [0.15, 0.2) is 5.01 Å². The number of carboxylic acids is 1. The fourth-order valence-corrected chi connectivity index (χ4v) is 3.72. The second kappa shape index (κ2) is 6.07. The second-order valence-corrected chi connectivity index (χ2v) is 7.32. The van der Waals surface area contributed by atoms with Gasteiger partial charge < -0.3 is 9.84 Å². The van der Waals surface area contributed by atoms with E-state index in [0.717, 1.165) is 11.3 Å². The summed E-state index contributed by atoms with van der Waals surface area (Å²) in [6.07, 6.45) is 0. The molecule has 0 unspecified atom stereocenters. The second-order valence-electron chi connectivity index (χ2n) is 6.46. The number of fused-ring (bicyclic) bond motifs is 1. The fraction of sp³-hybridized carbons (Fsp3) is 0.150. The first-order valence-corrected chi connectivity index (χ1v) is 8.99. The number of carbonyl (C=O) groups is 1. The van der Waals surface area contributed by atoms with Crippen molar-refractivity contribution < 1.29 is 14.6 Å². The van der Waals surface area contributed by atoms with Gasteiger partial charge in [-0.1, -0.05) is 36.4 Å². The highest BCUT2D eigenvalue weighted by Crippen LogP contribution is 2.38. The molecule has 0 bridgehead atoms. The zero-order valence-electron chi connectivity index (χ0n) is 14.3. The Balaban J connectivity index is 1.74. The molecular weight excluding hydrogens is 348 g/mol. The zero-order chi connectivity index (χ0) is 18.3. The van der Waals surface area contributed by atoms with Crippen molar-refractivity contribution in [1.29, 1.82) is 0 Å². The number of hydrogen-bond donors (Lipinski definition) is 1. The van der Waals surface area contributed by atoms with Gasteiger partial charge in [0, 0.05) is 16.5 Å². The van der Waals surface area contributed by atoms with Crippen molar-refractivity contribution in [3.63, 3.8) is 0 Å². The molecule has 0 aliphatic carbocycles. The molecule has 0 spiro atoms. The number of nitrogens with zero attached hydrogens (tertiary/aromatic N) is 2. The minimum atomic E-state index is -0.975. The van der Waals surface area contributed by atoms with Crippen LogP contribution in [0.25, 0.3) is 11.3 Å². The Morgan fingerprint density at radius 3 is 2.65 bits per heavy atom. The molecule has 0 radical (unpaired) electrons. The third-order valence-corrected chi connectivity index (χ3v) is 5.08. The lowest BCUT2D eigenvalue weighted by atomic mass is 9.93. The number of thiazole rings is 1. The van der Waals surface area contributed by atoms with E-state index in [0.29, 0.717) is 22.2 Å². The number of ether oxygens (including phenoxy) is 1. The Hall–Kier alpha value is -2.99. The topological polar surface area (TPSA) is 71.8 Å². The number of para-hydroxylation sites is 1. The highest BCUT2D eigenvalue weighted by Gasteiger charge is 2.31. The molecule has 1 aliphatic rings. The molecule has 2 aromatic carbocycles. The lowest BCUT2D eigenvalue weighted by Crippen LogP contribution is -2.27. The van der Waals surface area contributed by atoms with Crippen molar-refractivity contribution in [3.05, 3.63) is 70.0 Å². The quantitative estimate of drug-likeness (QED) is 0.738. The Labute approximate surface area is 154 Å². The molecule has 4 rings (SSSR count). The molecule has 0 saturated heterocycles. The first kappa shape index (κ1) is 16.5. The van der Waals surface area contributed by atoms with Crippen molar-refractivity contribution in [3.8, 4) is 17.0 Å². The van der Waals surface area contributed by atoms with Crippen molar-refractivity contribution in [2.75, 3.05) is 0 Å². The first-order valence-electron chi connectivity index (χ1n) is 8.11. The van der Waals surface area contributed by atoms with Gasteiger partial charge in [0.25, 0.3) is 5.90 Å². The number of aliphatic imine (C=N–C) groups is 1. The molecule has 0 atom stereocenters. The minimum Gasteiger partial charge on any atom is -0.478 e. The highest BCUT2D eigenvalue weighted by molar-refractivity contribution is 7.12. The van der Waals surface area contributed by atoms with Gasteiger partial charge >= 0.3 is 5.97 Å². The molecule has 5 nitrogen and oxygen atoms in total. The SMILES string of the molecule is CC1(C)N=C(c2nc(-c3ccccc3C(=O)O)cs2)Oc2ccccc21. The van der Waals surface area contributed by atoms with Crippen molar-refractivity contribution in [1.82, 2.24) is 4.98 Å². The van der Waals surface area contributed by atoms with Crippen LogP contribution in [0.1, 0.15) is 34.8 Å². The molecule has 6 heteroatoms. The summed E-state index contributed by atoms with van der Waals surface area (Å²) in [5.74, 6) is 0.249. The van der Waals surface area contributed by atoms with Crippen LogP contribution < -0.4 is 4.74 Å². The predicted octanol–water partition coefficient (Wildman–Crippen LogP) is 4.58. The van der Waals surface area contributed by atoms with Crippen LogP contribution in [0.2, 0.25) is 0 Å². The third-order valence-electron chi connectivity index (χ3n) is 4.25. The summed E-state index contributed by atoms with van der Waals surface area (Å²) in [4.78, 5) is 20.8. The van der Waals surface area contributed by atoms with Crippen LogP contribution in [-0.4, -0.2) is 22.0 Å². The Kier molecular flexibility index (Phi) is 3.85. The van der Waals surface area contributed by atoms with E-state index in [2.05, 4.69) is 4.98 Å². The van der Waals surface area contributed by atoms with E-state index in [9.17, 15) is 9.90 Å². The highest BCUT2D eigenvalue weighted by atomic mass is 32.1. The van der Waals surface area contributed by atoms with E-state index in [1.165, 1.54) is 11.3 Å². The molecular formula is C20H16N2O3S. The van der Waals surface area contributed by atoms with E-state index in [1.807, 2.05) is 43.5 Å². The number of aromatic carboxylic acids is 1. The average Bonchev–Trinajstić information content (AvgIpc) is 3.11. The fourth-order valence-electron chi connectivity index (χ4n) is 2.98. The van der Waals surface area contributed by atoms with Crippen molar-refractivity contribution >= 4 is 23.2 Å². The van der Waals surface area contributed by atoms with Crippen molar-refractivity contribution in [2.24, 2.45) is 4.99 Å². The molecule has 2 heterocycles. The smallest absolute Gasteiger partial charge is 0.336 e. The van der Waals surface area contributed by atoms with E-state index in [1.54, 1.807) is 24.3 Å². The number of aromatic nitrogens is 1. The summed E-state index contributed by atoms with van der Waals surface area (Å²) in [5, 5.41) is 11.8. The molecule has 0 amide bonds. The molecule has 3 aromatic rings. The van der Waals surface area contributed by atoms with Crippen LogP contribution in [0.4, 0.5) is 0 Å². The lowest BCUT2D eigenvalue weighted by molar-refractivity contribution is 0.0697. The standard InChI is InChI=1S/C20H16N2O3S/c1-20(2)14-9-5-6-10-16(14)25-17(22-20)18-21-15(11-26-18)12-7-3-4-8-13(12)19(23)24/h3-11H,1-2H3,(H,23,24). The van der Waals surface area contributed by atoms with E-state index in [4.69, 9.17) is 9.73 Å². The maximum absolute atomic E-state index is 11.5. The summed E-state index contributed by atoms with van der Waals surface area (Å²) < 4.78 is 5.96. The summed E-state index contributed by atoms with van der Waals surface area (Å²) in [7, 11) is 0. The molecule has 1 N–H and O–H groups in total. The number of benzene rings is 2. The molecule has 130 valence electrons. The van der Waals surface area contributed by atoms with Gasteiger partial charge in [0.05, 0.1) is 16.8 Å². The van der Waals surface area contributed by atoms with Crippen LogP contribution in [0, 0.1) is 0 Å². The maximum atomic E-state index is 11.5. The normalized spacial score (nSPS) is 14.9. The van der Waals surface area contributed by atoms with Gasteiger partial charge in [-0.25, -0.2) is 14.8 Å². The van der Waals surface area contributed by atoms with Crippen LogP contribution >= 0.6 is 11.3 Å². The van der Waals surface area contributed by atoms with Crippen LogP contribution in [0.15, 0.2) is 58.9 Å². The van der Waals surface area contributed by atoms with Gasteiger partial charge in [-0.3, -0.25) is 0 Å². The summed E-state index contributed by atoms with van der Waals surface area (Å²) in [6, 6.07) is 14.6. The van der Waals surface area contributed by atoms with E-state index < -0.39 is 11.5 Å². The Morgan fingerprint density at radius 1 is 1.12 bits per heavy atom.